The Hall–Kier alpha value is -2.87. The number of hydrogen-bond donors (Lipinski definition) is 2. The van der Waals surface area contributed by atoms with Gasteiger partial charge in [-0.25, -0.2) is 8.42 Å². The van der Waals surface area contributed by atoms with Crippen molar-refractivity contribution >= 4 is 33.2 Å². The molecule has 0 saturated carbocycles. The number of anilines is 2. The minimum atomic E-state index is -3.72. The minimum Gasteiger partial charge on any atom is -0.350 e. The maximum Gasteiger partial charge on any atom is 0.253 e. The highest BCUT2D eigenvalue weighted by Gasteiger charge is 2.29. The number of amides is 2. The molecular formula is C21H27N3O4S. The van der Waals surface area contributed by atoms with E-state index in [2.05, 4.69) is 10.6 Å². The number of nitrogens with zero attached hydrogens (tertiary/aromatic N) is 1. The van der Waals surface area contributed by atoms with Crippen LogP contribution in [0.2, 0.25) is 0 Å². The minimum absolute atomic E-state index is 0.0628. The Morgan fingerprint density at radius 1 is 1.00 bits per heavy atom. The highest BCUT2D eigenvalue weighted by atomic mass is 32.2. The van der Waals surface area contributed by atoms with Gasteiger partial charge in [0.05, 0.1) is 23.2 Å². The van der Waals surface area contributed by atoms with Crippen molar-refractivity contribution < 1.29 is 18.0 Å². The van der Waals surface area contributed by atoms with Gasteiger partial charge in [-0.1, -0.05) is 24.3 Å². The summed E-state index contributed by atoms with van der Waals surface area (Å²) in [6.45, 7) is 7.04. The first-order valence-corrected chi connectivity index (χ1v) is 11.1. The smallest absolute Gasteiger partial charge is 0.253 e. The molecule has 156 valence electrons. The van der Waals surface area contributed by atoms with Crippen LogP contribution in [-0.4, -0.2) is 38.6 Å². The molecule has 0 aromatic heterocycles. The van der Waals surface area contributed by atoms with Gasteiger partial charge in [-0.05, 0) is 57.5 Å². The second-order valence-electron chi connectivity index (χ2n) is 7.24. The Morgan fingerprint density at radius 3 is 2.24 bits per heavy atom. The van der Waals surface area contributed by atoms with Gasteiger partial charge in [-0.15, -0.1) is 0 Å². The quantitative estimate of drug-likeness (QED) is 0.724. The van der Waals surface area contributed by atoms with Gasteiger partial charge in [-0.2, -0.15) is 0 Å². The summed E-state index contributed by atoms with van der Waals surface area (Å²) >= 11 is 0. The molecule has 0 fully saturated rings. The molecule has 0 aliphatic heterocycles. The Morgan fingerprint density at radius 2 is 1.66 bits per heavy atom. The third-order valence-corrected chi connectivity index (χ3v) is 5.44. The molecule has 0 radical (unpaired) electrons. The fourth-order valence-electron chi connectivity index (χ4n) is 2.94. The summed E-state index contributed by atoms with van der Waals surface area (Å²) in [5, 5.41) is 5.48. The van der Waals surface area contributed by atoms with Crippen molar-refractivity contribution in [3.8, 4) is 0 Å². The molecule has 0 aliphatic carbocycles. The van der Waals surface area contributed by atoms with Crippen LogP contribution in [-0.2, 0) is 14.8 Å². The monoisotopic (exact) mass is 417 g/mol. The first-order chi connectivity index (χ1) is 13.5. The molecule has 2 aromatic rings. The van der Waals surface area contributed by atoms with E-state index in [1.165, 1.54) is 6.92 Å². The van der Waals surface area contributed by atoms with E-state index in [4.69, 9.17) is 0 Å². The lowest BCUT2D eigenvalue weighted by atomic mass is 10.1. The van der Waals surface area contributed by atoms with Crippen molar-refractivity contribution in [1.29, 1.82) is 0 Å². The highest BCUT2D eigenvalue weighted by Crippen LogP contribution is 2.23. The molecule has 1 atom stereocenters. The molecule has 7 nitrogen and oxygen atoms in total. The van der Waals surface area contributed by atoms with E-state index in [0.717, 1.165) is 16.1 Å². The van der Waals surface area contributed by atoms with Gasteiger partial charge in [0.2, 0.25) is 15.9 Å². The third-order valence-electron chi connectivity index (χ3n) is 4.19. The van der Waals surface area contributed by atoms with Gasteiger partial charge in [0.1, 0.15) is 6.04 Å². The highest BCUT2D eigenvalue weighted by molar-refractivity contribution is 7.92. The van der Waals surface area contributed by atoms with Crippen molar-refractivity contribution in [2.75, 3.05) is 15.9 Å². The Balaban J connectivity index is 2.33. The van der Waals surface area contributed by atoms with Crippen molar-refractivity contribution in [2.24, 2.45) is 0 Å². The number of hydrogen-bond acceptors (Lipinski definition) is 4. The summed E-state index contributed by atoms with van der Waals surface area (Å²) in [6, 6.07) is 12.4. The Kier molecular flexibility index (Phi) is 7.02. The molecule has 0 bridgehead atoms. The van der Waals surface area contributed by atoms with Crippen LogP contribution in [0.5, 0.6) is 0 Å². The predicted octanol–water partition coefficient (Wildman–Crippen LogP) is 2.93. The first-order valence-electron chi connectivity index (χ1n) is 9.27. The molecule has 0 saturated heterocycles. The normalized spacial score (nSPS) is 12.3. The van der Waals surface area contributed by atoms with E-state index in [1.807, 2.05) is 26.8 Å². The van der Waals surface area contributed by atoms with Gasteiger partial charge in [-0.3, -0.25) is 13.9 Å². The second-order valence-corrected chi connectivity index (χ2v) is 9.10. The van der Waals surface area contributed by atoms with Crippen LogP contribution in [0.4, 0.5) is 11.4 Å². The lowest BCUT2D eigenvalue weighted by Gasteiger charge is -2.28. The molecule has 2 N–H and O–H groups in total. The van der Waals surface area contributed by atoms with Crippen LogP contribution >= 0.6 is 0 Å². The molecule has 0 spiro atoms. The molecule has 0 aliphatic rings. The number of sulfonamides is 1. The number of carbonyl (C=O) groups excluding carboxylic acids is 2. The lowest BCUT2D eigenvalue weighted by Crippen LogP contribution is -2.45. The predicted molar refractivity (Wildman–Crippen MR) is 116 cm³/mol. The molecule has 0 heterocycles. The molecular weight excluding hydrogens is 390 g/mol. The van der Waals surface area contributed by atoms with E-state index < -0.39 is 22.0 Å². The number of rotatable bonds is 7. The fraction of sp³-hybridized carbons (Fsp3) is 0.333. The van der Waals surface area contributed by atoms with E-state index >= 15 is 0 Å². The summed E-state index contributed by atoms with van der Waals surface area (Å²) in [6.07, 6.45) is 1.06. The van der Waals surface area contributed by atoms with Crippen LogP contribution in [0, 0.1) is 6.92 Å². The van der Waals surface area contributed by atoms with Crippen LogP contribution in [0.1, 0.15) is 36.7 Å². The van der Waals surface area contributed by atoms with Crippen LogP contribution in [0.15, 0.2) is 48.5 Å². The molecule has 2 amide bonds. The van der Waals surface area contributed by atoms with Gasteiger partial charge in [0.15, 0.2) is 0 Å². The fourth-order valence-corrected chi connectivity index (χ4v) is 4.11. The Labute approximate surface area is 172 Å². The van der Waals surface area contributed by atoms with Gasteiger partial charge < -0.3 is 10.6 Å². The number of carbonyl (C=O) groups is 2. The number of aryl methyl sites for hydroxylation is 1. The van der Waals surface area contributed by atoms with Gasteiger partial charge in [0.25, 0.3) is 5.91 Å². The first kappa shape index (κ1) is 22.4. The standard InChI is InChI=1S/C21H27N3O4S/c1-14(2)22-21(26)18-11-6-7-12-19(18)23-20(25)16(4)24(29(5,27)28)17-10-8-9-15(3)13-17/h6-14,16H,1-5H3,(H,22,26)(H,23,25)/t16-/m1/s1. The third kappa shape index (κ3) is 5.80. The maximum atomic E-state index is 12.9. The molecule has 0 unspecified atom stereocenters. The van der Waals surface area contributed by atoms with Gasteiger partial charge in [0, 0.05) is 6.04 Å². The zero-order valence-corrected chi connectivity index (χ0v) is 18.1. The topological polar surface area (TPSA) is 95.6 Å². The summed E-state index contributed by atoms with van der Waals surface area (Å²) in [5.74, 6) is -0.857. The molecule has 29 heavy (non-hydrogen) atoms. The van der Waals surface area contributed by atoms with E-state index in [9.17, 15) is 18.0 Å². The van der Waals surface area contributed by atoms with Crippen molar-refractivity contribution in [3.63, 3.8) is 0 Å². The molecule has 2 aromatic carbocycles. The van der Waals surface area contributed by atoms with Crippen LogP contribution in [0.25, 0.3) is 0 Å². The number of para-hydroxylation sites is 1. The SMILES string of the molecule is Cc1cccc(N([C@H](C)C(=O)Nc2ccccc2C(=O)NC(C)C)S(C)(=O)=O)c1. The summed E-state index contributed by atoms with van der Waals surface area (Å²) in [5.41, 5.74) is 1.91. The number of benzene rings is 2. The van der Waals surface area contributed by atoms with Crippen molar-refractivity contribution in [1.82, 2.24) is 5.32 Å². The van der Waals surface area contributed by atoms with Crippen LogP contribution < -0.4 is 14.9 Å². The van der Waals surface area contributed by atoms with E-state index in [-0.39, 0.29) is 11.9 Å². The lowest BCUT2D eigenvalue weighted by molar-refractivity contribution is -0.116. The maximum absolute atomic E-state index is 12.9. The zero-order chi connectivity index (χ0) is 21.8. The molecule has 2 rings (SSSR count). The van der Waals surface area contributed by atoms with Crippen LogP contribution in [0.3, 0.4) is 0 Å². The summed E-state index contributed by atoms with van der Waals surface area (Å²) < 4.78 is 25.9. The number of nitrogens with one attached hydrogen (secondary N) is 2. The second kappa shape index (κ2) is 9.09. The van der Waals surface area contributed by atoms with E-state index in [1.54, 1.807) is 42.5 Å². The summed E-state index contributed by atoms with van der Waals surface area (Å²) in [7, 11) is -3.72. The van der Waals surface area contributed by atoms with E-state index in [0.29, 0.717) is 16.9 Å². The van der Waals surface area contributed by atoms with Crippen molar-refractivity contribution in [2.45, 2.75) is 39.8 Å². The zero-order valence-electron chi connectivity index (χ0n) is 17.3. The summed E-state index contributed by atoms with van der Waals surface area (Å²) in [4.78, 5) is 25.3. The van der Waals surface area contributed by atoms with Crippen molar-refractivity contribution in [3.05, 3.63) is 59.7 Å². The average molecular weight is 418 g/mol. The Bertz CT molecular complexity index is 1000. The average Bonchev–Trinajstić information content (AvgIpc) is 2.60. The largest absolute Gasteiger partial charge is 0.350 e. The molecule has 8 heteroatoms. The van der Waals surface area contributed by atoms with Gasteiger partial charge >= 0.3 is 0 Å².